The number of methoxy groups -OCH3 is 2. The smallest absolute Gasteiger partial charge is 0.223 e. The van der Waals surface area contributed by atoms with Crippen molar-refractivity contribution in [2.75, 3.05) is 20.8 Å². The van der Waals surface area contributed by atoms with Gasteiger partial charge in [-0.1, -0.05) is 44.2 Å². The summed E-state index contributed by atoms with van der Waals surface area (Å²) in [6.07, 6.45) is 4.39. The quantitative estimate of drug-likeness (QED) is 0.782. The highest BCUT2D eigenvalue weighted by Gasteiger charge is 2.49. The van der Waals surface area contributed by atoms with Crippen LogP contribution in [0.4, 0.5) is 0 Å². The average Bonchev–Trinajstić information content (AvgIpc) is 2.94. The number of hydrogen-bond donors (Lipinski definition) is 0. The van der Waals surface area contributed by atoms with E-state index in [-0.39, 0.29) is 11.3 Å². The van der Waals surface area contributed by atoms with Gasteiger partial charge < -0.3 is 14.4 Å². The number of rotatable bonds is 4. The van der Waals surface area contributed by atoms with Crippen LogP contribution in [0, 0.1) is 5.41 Å². The normalized spacial score (nSPS) is 21.5. The first-order chi connectivity index (χ1) is 11.6. The molecule has 1 aromatic carbocycles. The molecule has 1 saturated heterocycles. The molecule has 134 valence electrons. The highest BCUT2D eigenvalue weighted by molar-refractivity contribution is 5.79. The van der Waals surface area contributed by atoms with Crippen LogP contribution in [0.3, 0.4) is 0 Å². The van der Waals surface area contributed by atoms with Crippen LogP contribution >= 0.6 is 0 Å². The SMILES string of the molecule is CC.COC1(OC)CCC2(CC1)CC(=O)N(Cc1ccccc1)C2. The van der Waals surface area contributed by atoms with Crippen molar-refractivity contribution in [3.05, 3.63) is 35.9 Å². The maximum atomic E-state index is 12.4. The lowest BCUT2D eigenvalue weighted by Crippen LogP contribution is -2.43. The van der Waals surface area contributed by atoms with Crippen LogP contribution in [0.15, 0.2) is 30.3 Å². The van der Waals surface area contributed by atoms with E-state index in [4.69, 9.17) is 9.47 Å². The summed E-state index contributed by atoms with van der Waals surface area (Å²) in [4.78, 5) is 14.4. The molecule has 24 heavy (non-hydrogen) atoms. The van der Waals surface area contributed by atoms with Gasteiger partial charge in [0.25, 0.3) is 0 Å². The number of amides is 1. The minimum atomic E-state index is -0.443. The van der Waals surface area contributed by atoms with Crippen molar-refractivity contribution >= 4 is 5.91 Å². The summed E-state index contributed by atoms with van der Waals surface area (Å²) in [5.41, 5.74) is 1.32. The first kappa shape index (κ1) is 18.9. The second-order valence-corrected chi connectivity index (χ2v) is 6.73. The molecule has 3 rings (SSSR count). The number of ether oxygens (including phenoxy) is 2. The van der Waals surface area contributed by atoms with Crippen LogP contribution in [-0.4, -0.2) is 37.4 Å². The first-order valence-corrected chi connectivity index (χ1v) is 9.02. The topological polar surface area (TPSA) is 38.8 Å². The zero-order chi connectivity index (χ0) is 17.6. The second kappa shape index (κ2) is 8.13. The number of carbonyl (C=O) groups is 1. The Morgan fingerprint density at radius 3 is 2.12 bits per heavy atom. The van der Waals surface area contributed by atoms with E-state index in [0.717, 1.165) is 38.8 Å². The maximum Gasteiger partial charge on any atom is 0.223 e. The number of likely N-dealkylation sites (tertiary alicyclic amines) is 1. The minimum absolute atomic E-state index is 0.117. The molecule has 1 aromatic rings. The van der Waals surface area contributed by atoms with Crippen molar-refractivity contribution in [3.63, 3.8) is 0 Å². The monoisotopic (exact) mass is 333 g/mol. The van der Waals surface area contributed by atoms with Gasteiger partial charge in [0.05, 0.1) is 0 Å². The Morgan fingerprint density at radius 1 is 1.00 bits per heavy atom. The van der Waals surface area contributed by atoms with Crippen LogP contribution in [0.5, 0.6) is 0 Å². The lowest BCUT2D eigenvalue weighted by Gasteiger charge is -2.42. The molecule has 2 fully saturated rings. The van der Waals surface area contributed by atoms with E-state index in [1.54, 1.807) is 14.2 Å². The largest absolute Gasteiger partial charge is 0.353 e. The Balaban J connectivity index is 0.00000100. The van der Waals surface area contributed by atoms with E-state index < -0.39 is 5.79 Å². The fraction of sp³-hybridized carbons (Fsp3) is 0.650. The molecular weight excluding hydrogens is 302 g/mol. The van der Waals surface area contributed by atoms with Crippen molar-refractivity contribution in [2.24, 2.45) is 5.41 Å². The van der Waals surface area contributed by atoms with Gasteiger partial charge in [-0.15, -0.1) is 0 Å². The predicted octanol–water partition coefficient (Wildman–Crippen LogP) is 3.99. The molecular formula is C20H31NO3. The summed E-state index contributed by atoms with van der Waals surface area (Å²) in [5.74, 6) is -0.160. The lowest BCUT2D eigenvalue weighted by molar-refractivity contribution is -0.233. The van der Waals surface area contributed by atoms with E-state index in [0.29, 0.717) is 6.42 Å². The molecule has 4 nitrogen and oxygen atoms in total. The summed E-state index contributed by atoms with van der Waals surface area (Å²) in [6, 6.07) is 10.2. The number of carbonyl (C=O) groups excluding carboxylic acids is 1. The molecule has 1 heterocycles. The zero-order valence-corrected chi connectivity index (χ0v) is 15.5. The summed E-state index contributed by atoms with van der Waals surface area (Å²) in [7, 11) is 3.42. The number of hydrogen-bond acceptors (Lipinski definition) is 3. The maximum absolute atomic E-state index is 12.4. The van der Waals surface area contributed by atoms with E-state index in [1.165, 1.54) is 5.56 Å². The molecule has 4 heteroatoms. The van der Waals surface area contributed by atoms with Gasteiger partial charge in [0.1, 0.15) is 0 Å². The van der Waals surface area contributed by atoms with Gasteiger partial charge in [0, 0.05) is 46.6 Å². The third kappa shape index (κ3) is 3.98. The van der Waals surface area contributed by atoms with Gasteiger partial charge in [0.15, 0.2) is 5.79 Å². The molecule has 1 saturated carbocycles. The molecule has 1 spiro atoms. The lowest BCUT2D eigenvalue weighted by atomic mass is 9.71. The van der Waals surface area contributed by atoms with Crippen LogP contribution < -0.4 is 0 Å². The number of benzene rings is 1. The molecule has 1 amide bonds. The van der Waals surface area contributed by atoms with E-state index in [2.05, 4.69) is 12.1 Å². The van der Waals surface area contributed by atoms with Crippen molar-refractivity contribution in [2.45, 2.75) is 58.3 Å². The van der Waals surface area contributed by atoms with Crippen molar-refractivity contribution in [1.29, 1.82) is 0 Å². The molecule has 0 aromatic heterocycles. The first-order valence-electron chi connectivity index (χ1n) is 9.02. The molecule has 2 aliphatic rings. The highest BCUT2D eigenvalue weighted by atomic mass is 16.7. The summed E-state index contributed by atoms with van der Waals surface area (Å²) < 4.78 is 11.1. The summed E-state index contributed by atoms with van der Waals surface area (Å²) in [6.45, 7) is 5.59. The molecule has 1 aliphatic carbocycles. The predicted molar refractivity (Wildman–Crippen MR) is 95.5 cm³/mol. The Hall–Kier alpha value is -1.39. The molecule has 1 aliphatic heterocycles. The molecule has 0 atom stereocenters. The fourth-order valence-electron chi connectivity index (χ4n) is 3.92. The van der Waals surface area contributed by atoms with Gasteiger partial charge in [-0.25, -0.2) is 0 Å². The van der Waals surface area contributed by atoms with E-state index in [1.807, 2.05) is 36.9 Å². The van der Waals surface area contributed by atoms with Gasteiger partial charge >= 0.3 is 0 Å². The van der Waals surface area contributed by atoms with E-state index >= 15 is 0 Å². The molecule has 0 N–H and O–H groups in total. The fourth-order valence-corrected chi connectivity index (χ4v) is 3.92. The Morgan fingerprint density at radius 2 is 1.58 bits per heavy atom. The molecule has 0 radical (unpaired) electrons. The van der Waals surface area contributed by atoms with Crippen LogP contribution in [0.25, 0.3) is 0 Å². The third-order valence-electron chi connectivity index (χ3n) is 5.44. The average molecular weight is 333 g/mol. The Kier molecular flexibility index (Phi) is 6.41. The second-order valence-electron chi connectivity index (χ2n) is 6.73. The van der Waals surface area contributed by atoms with Crippen molar-refractivity contribution < 1.29 is 14.3 Å². The van der Waals surface area contributed by atoms with Crippen LogP contribution in [-0.2, 0) is 20.8 Å². The van der Waals surface area contributed by atoms with Gasteiger partial charge in [-0.05, 0) is 23.8 Å². The van der Waals surface area contributed by atoms with Crippen molar-refractivity contribution in [1.82, 2.24) is 4.90 Å². The molecule has 0 bridgehead atoms. The van der Waals surface area contributed by atoms with Gasteiger partial charge in [-0.2, -0.15) is 0 Å². The van der Waals surface area contributed by atoms with Crippen LogP contribution in [0.2, 0.25) is 0 Å². The van der Waals surface area contributed by atoms with Gasteiger partial charge in [-0.3, -0.25) is 4.79 Å². The standard InChI is InChI=1S/C18H25NO3.C2H6/c1-21-18(22-2)10-8-17(9-11-18)12-16(20)19(14-17)13-15-6-4-3-5-7-15;1-2/h3-7H,8-14H2,1-2H3;1-2H3. The van der Waals surface area contributed by atoms with Crippen molar-refractivity contribution in [3.8, 4) is 0 Å². The minimum Gasteiger partial charge on any atom is -0.353 e. The zero-order valence-electron chi connectivity index (χ0n) is 15.5. The third-order valence-corrected chi connectivity index (χ3v) is 5.44. The van der Waals surface area contributed by atoms with E-state index in [9.17, 15) is 4.79 Å². The molecule has 0 unspecified atom stereocenters. The summed E-state index contributed by atoms with van der Waals surface area (Å²) >= 11 is 0. The highest BCUT2D eigenvalue weighted by Crippen LogP contribution is 2.48. The van der Waals surface area contributed by atoms with Crippen LogP contribution in [0.1, 0.15) is 51.5 Å². The Bertz CT molecular complexity index is 515. The number of nitrogens with zero attached hydrogens (tertiary/aromatic N) is 1. The summed E-state index contributed by atoms with van der Waals surface area (Å²) in [5, 5.41) is 0. The van der Waals surface area contributed by atoms with Gasteiger partial charge in [0.2, 0.25) is 5.91 Å². The Labute approximate surface area is 146 Å².